The van der Waals surface area contributed by atoms with Crippen molar-refractivity contribution in [3.8, 4) is 23.0 Å². The maximum absolute atomic E-state index is 13.0. The first kappa shape index (κ1) is 24.7. The summed E-state index contributed by atoms with van der Waals surface area (Å²) >= 11 is 0. The summed E-state index contributed by atoms with van der Waals surface area (Å²) in [6.07, 6.45) is 0.532. The van der Waals surface area contributed by atoms with E-state index in [2.05, 4.69) is 5.32 Å². The normalized spacial score (nSPS) is 17.0. The number of rotatable bonds is 8. The molecule has 0 fully saturated rings. The molecule has 9 nitrogen and oxygen atoms in total. The fraction of sp³-hybridized carbons (Fsp3) is 0.435. The average molecular weight is 479 g/mol. The highest BCUT2D eigenvalue weighted by molar-refractivity contribution is 7.89. The first-order valence-corrected chi connectivity index (χ1v) is 11.8. The van der Waals surface area contributed by atoms with Gasteiger partial charge in [0.1, 0.15) is 17.1 Å². The van der Waals surface area contributed by atoms with Crippen LogP contribution in [0.25, 0.3) is 0 Å². The van der Waals surface area contributed by atoms with Crippen molar-refractivity contribution in [1.29, 1.82) is 0 Å². The molecule has 1 N–H and O–H groups in total. The third kappa shape index (κ3) is 5.33. The van der Waals surface area contributed by atoms with Crippen molar-refractivity contribution in [3.63, 3.8) is 0 Å². The smallest absolute Gasteiger partial charge is 0.243 e. The van der Waals surface area contributed by atoms with E-state index in [1.807, 2.05) is 19.9 Å². The van der Waals surface area contributed by atoms with Crippen molar-refractivity contribution >= 4 is 15.9 Å². The first-order valence-electron chi connectivity index (χ1n) is 10.4. The van der Waals surface area contributed by atoms with Gasteiger partial charge >= 0.3 is 0 Å². The van der Waals surface area contributed by atoms with Gasteiger partial charge in [0.2, 0.25) is 15.9 Å². The van der Waals surface area contributed by atoms with Crippen LogP contribution in [0.5, 0.6) is 23.0 Å². The molecule has 0 bridgehead atoms. The Bertz CT molecular complexity index is 1130. The van der Waals surface area contributed by atoms with Crippen LogP contribution in [-0.4, -0.2) is 59.2 Å². The van der Waals surface area contributed by atoms with E-state index in [1.54, 1.807) is 19.2 Å². The molecule has 0 aromatic heterocycles. The molecule has 180 valence electrons. The molecule has 0 aliphatic carbocycles. The Morgan fingerprint density at radius 3 is 2.42 bits per heavy atom. The number of carbonyl (C=O) groups excluding carboxylic acids is 1. The summed E-state index contributed by atoms with van der Waals surface area (Å²) in [6.45, 7) is 3.52. The lowest BCUT2D eigenvalue weighted by atomic mass is 9.89. The predicted molar refractivity (Wildman–Crippen MR) is 123 cm³/mol. The molecule has 1 heterocycles. The van der Waals surface area contributed by atoms with Crippen LogP contribution in [-0.2, 0) is 14.8 Å². The quantitative estimate of drug-likeness (QED) is 0.622. The van der Waals surface area contributed by atoms with Gasteiger partial charge in [0, 0.05) is 31.2 Å². The highest BCUT2D eigenvalue weighted by Gasteiger charge is 2.35. The van der Waals surface area contributed by atoms with E-state index in [1.165, 1.54) is 39.5 Å². The minimum Gasteiger partial charge on any atom is -0.497 e. The van der Waals surface area contributed by atoms with Crippen molar-refractivity contribution in [2.45, 2.75) is 36.8 Å². The molecule has 1 amide bonds. The number of benzene rings is 2. The maximum Gasteiger partial charge on any atom is 0.243 e. The third-order valence-electron chi connectivity index (χ3n) is 5.44. The third-order valence-corrected chi connectivity index (χ3v) is 7.24. The van der Waals surface area contributed by atoms with Gasteiger partial charge in [-0.15, -0.1) is 0 Å². The molecule has 2 aromatic rings. The van der Waals surface area contributed by atoms with Crippen molar-refractivity contribution in [1.82, 2.24) is 9.62 Å². The van der Waals surface area contributed by atoms with E-state index in [9.17, 15) is 13.2 Å². The number of nitrogens with zero attached hydrogens (tertiary/aromatic N) is 1. The number of amides is 1. The summed E-state index contributed by atoms with van der Waals surface area (Å²) in [5.41, 5.74) is 0.295. The Morgan fingerprint density at radius 1 is 1.09 bits per heavy atom. The summed E-state index contributed by atoms with van der Waals surface area (Å²) in [5.74, 6) is 1.55. The number of fused-ring (bicyclic) bond motifs is 1. The van der Waals surface area contributed by atoms with Crippen LogP contribution in [0.15, 0.2) is 41.3 Å². The molecule has 3 rings (SSSR count). The van der Waals surface area contributed by atoms with Crippen LogP contribution in [0, 0.1) is 0 Å². The number of nitrogens with one attached hydrogen (secondary N) is 1. The Kier molecular flexibility index (Phi) is 7.08. The number of methoxy groups -OCH3 is 3. The summed E-state index contributed by atoms with van der Waals surface area (Å²) in [6, 6.07) is 9.38. The van der Waals surface area contributed by atoms with E-state index in [-0.39, 0.29) is 23.2 Å². The summed E-state index contributed by atoms with van der Waals surface area (Å²) < 4.78 is 48.7. The molecule has 0 unspecified atom stereocenters. The molecule has 0 saturated heterocycles. The van der Waals surface area contributed by atoms with Crippen molar-refractivity contribution in [3.05, 3.63) is 42.0 Å². The summed E-state index contributed by atoms with van der Waals surface area (Å²) in [5, 5.41) is 2.95. The topological polar surface area (TPSA) is 103 Å². The summed E-state index contributed by atoms with van der Waals surface area (Å²) in [4.78, 5) is 12.8. The predicted octanol–water partition coefficient (Wildman–Crippen LogP) is 2.75. The standard InChI is InChI=1S/C23H30N2O7S/c1-23(2)13-18(17-9-7-15(29-4)11-20(17)32-23)24-22(26)14-25(3)33(27,28)16-8-10-19(30-5)21(12-16)31-6/h7-12,18H,13-14H2,1-6H3,(H,24,26)/t18-/m1/s1. The van der Waals surface area contributed by atoms with Crippen LogP contribution in [0.2, 0.25) is 0 Å². The van der Waals surface area contributed by atoms with Crippen LogP contribution in [0.1, 0.15) is 31.9 Å². The molecular formula is C23H30N2O7S. The molecule has 33 heavy (non-hydrogen) atoms. The van der Waals surface area contributed by atoms with E-state index in [0.717, 1.165) is 9.87 Å². The Morgan fingerprint density at radius 2 is 1.79 bits per heavy atom. The fourth-order valence-corrected chi connectivity index (χ4v) is 4.91. The van der Waals surface area contributed by atoms with Crippen molar-refractivity contribution in [2.24, 2.45) is 0 Å². The molecule has 0 spiro atoms. The molecule has 0 saturated carbocycles. The monoisotopic (exact) mass is 478 g/mol. The Labute approximate surface area is 194 Å². The molecule has 1 aliphatic rings. The van der Waals surface area contributed by atoms with Gasteiger partial charge in [-0.05, 0) is 38.1 Å². The minimum absolute atomic E-state index is 0.0000837. The second-order valence-corrected chi connectivity index (χ2v) is 10.4. The zero-order chi connectivity index (χ0) is 24.4. The second kappa shape index (κ2) is 9.48. The van der Waals surface area contributed by atoms with Gasteiger partial charge in [0.05, 0.1) is 38.8 Å². The molecular weight excluding hydrogens is 448 g/mol. The van der Waals surface area contributed by atoms with Gasteiger partial charge in [-0.2, -0.15) is 4.31 Å². The first-order chi connectivity index (χ1) is 15.5. The van der Waals surface area contributed by atoms with Crippen molar-refractivity contribution < 1.29 is 32.2 Å². The van der Waals surface area contributed by atoms with E-state index in [0.29, 0.717) is 23.7 Å². The molecule has 2 aromatic carbocycles. The highest BCUT2D eigenvalue weighted by atomic mass is 32.2. The summed E-state index contributed by atoms with van der Waals surface area (Å²) in [7, 11) is 1.89. The number of ether oxygens (including phenoxy) is 4. The number of sulfonamides is 1. The lowest BCUT2D eigenvalue weighted by molar-refractivity contribution is -0.122. The zero-order valence-electron chi connectivity index (χ0n) is 19.7. The lowest BCUT2D eigenvalue weighted by Crippen LogP contribution is -2.44. The van der Waals surface area contributed by atoms with Crippen LogP contribution in [0.3, 0.4) is 0 Å². The van der Waals surface area contributed by atoms with Gasteiger partial charge in [-0.1, -0.05) is 0 Å². The lowest BCUT2D eigenvalue weighted by Gasteiger charge is -2.38. The zero-order valence-corrected chi connectivity index (χ0v) is 20.5. The number of hydrogen-bond donors (Lipinski definition) is 1. The van der Waals surface area contributed by atoms with Gasteiger partial charge < -0.3 is 24.3 Å². The largest absolute Gasteiger partial charge is 0.497 e. The van der Waals surface area contributed by atoms with Crippen molar-refractivity contribution in [2.75, 3.05) is 34.9 Å². The van der Waals surface area contributed by atoms with E-state index >= 15 is 0 Å². The van der Waals surface area contributed by atoms with Gasteiger partial charge in [-0.25, -0.2) is 8.42 Å². The molecule has 1 atom stereocenters. The van der Waals surface area contributed by atoms with E-state index < -0.39 is 21.5 Å². The SMILES string of the molecule is COc1ccc2c(c1)OC(C)(C)C[C@H]2NC(=O)CN(C)S(=O)(=O)c1ccc(OC)c(OC)c1. The second-order valence-electron chi connectivity index (χ2n) is 8.37. The maximum atomic E-state index is 13.0. The number of likely N-dealkylation sites (N-methyl/N-ethyl adjacent to an activating group) is 1. The van der Waals surface area contributed by atoms with Gasteiger partial charge in [0.25, 0.3) is 0 Å². The average Bonchev–Trinajstić information content (AvgIpc) is 2.76. The molecule has 10 heteroatoms. The van der Waals surface area contributed by atoms with E-state index in [4.69, 9.17) is 18.9 Å². The Balaban J connectivity index is 1.77. The van der Waals surface area contributed by atoms with Crippen LogP contribution < -0.4 is 24.3 Å². The number of carbonyl (C=O) groups is 1. The van der Waals surface area contributed by atoms with Gasteiger partial charge in [-0.3, -0.25) is 4.79 Å². The van der Waals surface area contributed by atoms with Crippen LogP contribution in [0.4, 0.5) is 0 Å². The minimum atomic E-state index is -3.93. The molecule has 1 aliphatic heterocycles. The highest BCUT2D eigenvalue weighted by Crippen LogP contribution is 2.41. The van der Waals surface area contributed by atoms with Gasteiger partial charge in [0.15, 0.2) is 11.5 Å². The molecule has 0 radical (unpaired) electrons. The fourth-order valence-electron chi connectivity index (χ4n) is 3.77. The Hall–Kier alpha value is -2.98. The van der Waals surface area contributed by atoms with Crippen LogP contribution >= 0.6 is 0 Å². The number of hydrogen-bond acceptors (Lipinski definition) is 7.